The largest absolute Gasteiger partial charge is 0.354 e. The Morgan fingerprint density at radius 3 is 2.82 bits per heavy atom. The molecule has 1 aromatic heterocycles. The van der Waals surface area contributed by atoms with E-state index < -0.39 is 10.8 Å². The van der Waals surface area contributed by atoms with Gasteiger partial charge in [-0.1, -0.05) is 6.07 Å². The van der Waals surface area contributed by atoms with Crippen molar-refractivity contribution in [1.82, 2.24) is 10.3 Å². The van der Waals surface area contributed by atoms with Gasteiger partial charge in [-0.25, -0.2) is 9.78 Å². The molecule has 0 spiro atoms. The Balaban J connectivity index is 1.90. The number of benzene rings is 1. The third-order valence-corrected chi connectivity index (χ3v) is 4.75. The topological polar surface area (TPSA) is 74.3 Å². The predicted molar refractivity (Wildman–Crippen MR) is 91.1 cm³/mol. The number of urea groups is 1. The molecule has 0 bridgehead atoms. The van der Waals surface area contributed by atoms with Crippen LogP contribution in [0.3, 0.4) is 0 Å². The van der Waals surface area contributed by atoms with Crippen LogP contribution in [0.2, 0.25) is 0 Å². The number of thiazole rings is 1. The molecule has 0 unspecified atom stereocenters. The highest BCUT2D eigenvalue weighted by Gasteiger charge is 2.07. The average molecular weight is 338 g/mol. The number of aromatic nitrogens is 1. The van der Waals surface area contributed by atoms with Crippen molar-refractivity contribution in [2.75, 3.05) is 30.6 Å². The van der Waals surface area contributed by atoms with Crippen molar-refractivity contribution in [1.29, 1.82) is 0 Å². The fraction of sp³-hybridized carbons (Fsp3) is 0.286. The van der Waals surface area contributed by atoms with E-state index in [2.05, 4.69) is 15.6 Å². The van der Waals surface area contributed by atoms with E-state index in [9.17, 15) is 9.00 Å². The molecule has 2 rings (SSSR count). The highest BCUT2D eigenvalue weighted by atomic mass is 32.2. The maximum atomic E-state index is 11.9. The number of rotatable bonds is 5. The van der Waals surface area contributed by atoms with Crippen LogP contribution < -0.4 is 15.5 Å². The minimum Gasteiger partial charge on any atom is -0.354 e. The van der Waals surface area contributed by atoms with E-state index in [1.54, 1.807) is 30.5 Å². The van der Waals surface area contributed by atoms with Crippen molar-refractivity contribution in [2.45, 2.75) is 11.4 Å². The monoisotopic (exact) mass is 338 g/mol. The molecule has 118 valence electrons. The van der Waals surface area contributed by atoms with Gasteiger partial charge in [0.15, 0.2) is 5.13 Å². The summed E-state index contributed by atoms with van der Waals surface area (Å²) in [6.45, 7) is 0.357. The summed E-state index contributed by atoms with van der Waals surface area (Å²) in [7, 11) is 2.77. The first kappa shape index (κ1) is 16.4. The van der Waals surface area contributed by atoms with Gasteiger partial charge in [-0.3, -0.25) is 4.21 Å². The fourth-order valence-corrected chi connectivity index (χ4v) is 3.00. The maximum absolute atomic E-state index is 11.9. The van der Waals surface area contributed by atoms with Crippen LogP contribution in [0.1, 0.15) is 5.69 Å². The molecular formula is C14H18N4O2S2. The van der Waals surface area contributed by atoms with E-state index >= 15 is 0 Å². The van der Waals surface area contributed by atoms with Gasteiger partial charge < -0.3 is 15.5 Å². The number of hydrogen-bond acceptors (Lipinski definition) is 5. The molecule has 0 fully saturated rings. The molecule has 0 saturated carbocycles. The second kappa shape index (κ2) is 7.37. The molecular weight excluding hydrogens is 320 g/mol. The molecule has 0 radical (unpaired) electrons. The number of carbonyl (C=O) groups excluding carboxylic acids is 1. The van der Waals surface area contributed by atoms with Crippen LogP contribution in [-0.4, -0.2) is 35.6 Å². The SMILES string of the molecule is CN(C)c1nc(CNC(=O)Nc2cccc([S@](C)=O)c2)cs1. The van der Waals surface area contributed by atoms with Crippen molar-refractivity contribution in [2.24, 2.45) is 0 Å². The molecule has 1 atom stereocenters. The van der Waals surface area contributed by atoms with Crippen LogP contribution in [0.25, 0.3) is 0 Å². The molecule has 1 heterocycles. The van der Waals surface area contributed by atoms with Crippen LogP contribution >= 0.6 is 11.3 Å². The van der Waals surface area contributed by atoms with Gasteiger partial charge in [-0.2, -0.15) is 0 Å². The summed E-state index contributed by atoms with van der Waals surface area (Å²) in [5.41, 5.74) is 1.42. The van der Waals surface area contributed by atoms with Crippen LogP contribution in [0.15, 0.2) is 34.5 Å². The summed E-state index contributed by atoms with van der Waals surface area (Å²) in [5.74, 6) is 0. The van der Waals surface area contributed by atoms with Crippen molar-refractivity contribution in [3.63, 3.8) is 0 Å². The third-order valence-electron chi connectivity index (χ3n) is 2.78. The van der Waals surface area contributed by atoms with Crippen molar-refractivity contribution in [3.8, 4) is 0 Å². The minimum atomic E-state index is -1.07. The second-order valence-corrected chi connectivity index (χ2v) is 7.02. The lowest BCUT2D eigenvalue weighted by Crippen LogP contribution is -2.28. The summed E-state index contributed by atoms with van der Waals surface area (Å²) in [4.78, 5) is 18.9. The molecule has 8 heteroatoms. The average Bonchev–Trinajstić information content (AvgIpc) is 2.94. The highest BCUT2D eigenvalue weighted by Crippen LogP contribution is 2.17. The minimum absolute atomic E-state index is 0.321. The lowest BCUT2D eigenvalue weighted by atomic mass is 10.3. The number of anilines is 2. The number of hydrogen-bond donors (Lipinski definition) is 2. The maximum Gasteiger partial charge on any atom is 0.319 e. The van der Waals surface area contributed by atoms with Crippen molar-refractivity contribution >= 4 is 39.0 Å². The predicted octanol–water partition coefficient (Wildman–Crippen LogP) is 2.27. The van der Waals surface area contributed by atoms with Crippen LogP contribution in [0.4, 0.5) is 15.6 Å². The Morgan fingerprint density at radius 2 is 2.18 bits per heavy atom. The molecule has 1 aromatic carbocycles. The smallest absolute Gasteiger partial charge is 0.319 e. The Labute approximate surface area is 136 Å². The summed E-state index contributed by atoms with van der Waals surface area (Å²) >= 11 is 1.53. The summed E-state index contributed by atoms with van der Waals surface area (Å²) in [6.07, 6.45) is 1.60. The first-order chi connectivity index (χ1) is 10.5. The molecule has 0 saturated heterocycles. The quantitative estimate of drug-likeness (QED) is 0.877. The Kier molecular flexibility index (Phi) is 5.51. The number of carbonyl (C=O) groups is 1. The van der Waals surface area contributed by atoms with E-state index in [0.29, 0.717) is 17.1 Å². The zero-order chi connectivity index (χ0) is 16.1. The van der Waals surface area contributed by atoms with Crippen molar-refractivity contribution in [3.05, 3.63) is 35.3 Å². The van der Waals surface area contributed by atoms with Gasteiger partial charge in [-0.05, 0) is 18.2 Å². The first-order valence-electron chi connectivity index (χ1n) is 6.56. The van der Waals surface area contributed by atoms with E-state index in [1.165, 1.54) is 11.3 Å². The van der Waals surface area contributed by atoms with E-state index in [-0.39, 0.29) is 6.03 Å². The van der Waals surface area contributed by atoms with Gasteiger partial charge in [0.05, 0.1) is 12.2 Å². The van der Waals surface area contributed by atoms with Gasteiger partial charge in [0.2, 0.25) is 0 Å². The van der Waals surface area contributed by atoms with Crippen LogP contribution in [-0.2, 0) is 17.3 Å². The van der Waals surface area contributed by atoms with Crippen LogP contribution in [0, 0.1) is 0 Å². The number of amides is 2. The molecule has 22 heavy (non-hydrogen) atoms. The zero-order valence-electron chi connectivity index (χ0n) is 12.6. The lowest BCUT2D eigenvalue weighted by Gasteiger charge is -2.08. The fourth-order valence-electron chi connectivity index (χ4n) is 1.68. The molecule has 2 amide bonds. The van der Waals surface area contributed by atoms with E-state index in [4.69, 9.17) is 0 Å². The summed E-state index contributed by atoms with van der Waals surface area (Å²) in [6, 6.07) is 6.65. The molecule has 6 nitrogen and oxygen atoms in total. The lowest BCUT2D eigenvalue weighted by molar-refractivity contribution is 0.251. The normalized spacial score (nSPS) is 11.8. The van der Waals surface area contributed by atoms with Crippen molar-refractivity contribution < 1.29 is 9.00 Å². The zero-order valence-corrected chi connectivity index (χ0v) is 14.3. The van der Waals surface area contributed by atoms with E-state index in [0.717, 1.165) is 10.8 Å². The Morgan fingerprint density at radius 1 is 1.41 bits per heavy atom. The molecule has 0 aliphatic carbocycles. The van der Waals surface area contributed by atoms with Gasteiger partial charge in [-0.15, -0.1) is 11.3 Å². The Bertz CT molecular complexity index is 685. The first-order valence-corrected chi connectivity index (χ1v) is 8.99. The number of nitrogens with one attached hydrogen (secondary N) is 2. The summed E-state index contributed by atoms with van der Waals surface area (Å²) < 4.78 is 11.4. The number of nitrogens with zero attached hydrogens (tertiary/aromatic N) is 2. The van der Waals surface area contributed by atoms with Gasteiger partial charge in [0.1, 0.15) is 0 Å². The summed E-state index contributed by atoms with van der Waals surface area (Å²) in [5, 5.41) is 8.28. The molecule has 2 N–H and O–H groups in total. The standard InChI is InChI=1S/C14H18N4O2S2/c1-18(2)14-17-11(9-21-14)8-15-13(19)16-10-5-4-6-12(7-10)22(3)20/h4-7,9H,8H2,1-3H3,(H2,15,16,19)/t22-/m0/s1. The van der Waals surface area contributed by atoms with Crippen LogP contribution in [0.5, 0.6) is 0 Å². The highest BCUT2D eigenvalue weighted by molar-refractivity contribution is 7.84. The molecule has 0 aliphatic heterocycles. The second-order valence-electron chi connectivity index (χ2n) is 4.81. The molecule has 2 aromatic rings. The third kappa shape index (κ3) is 4.54. The Hall–Kier alpha value is -1.93. The van der Waals surface area contributed by atoms with Gasteiger partial charge in [0, 0.05) is 47.1 Å². The van der Waals surface area contributed by atoms with Gasteiger partial charge >= 0.3 is 6.03 Å². The van der Waals surface area contributed by atoms with Gasteiger partial charge in [0.25, 0.3) is 0 Å². The van der Waals surface area contributed by atoms with E-state index in [1.807, 2.05) is 24.4 Å². The molecule has 0 aliphatic rings.